The fourth-order valence-corrected chi connectivity index (χ4v) is 1.96. The summed E-state index contributed by atoms with van der Waals surface area (Å²) in [6.07, 6.45) is 1.31. The molecule has 1 amide bonds. The number of hydrogen-bond donors (Lipinski definition) is 2. The van der Waals surface area contributed by atoms with Crippen molar-refractivity contribution in [2.45, 2.75) is 18.9 Å². The molecule has 2 N–H and O–H groups in total. The Kier molecular flexibility index (Phi) is 4.01. The first-order valence-electron chi connectivity index (χ1n) is 5.89. The van der Waals surface area contributed by atoms with Crippen LogP contribution in [0.3, 0.4) is 0 Å². The van der Waals surface area contributed by atoms with E-state index in [1.54, 1.807) is 0 Å². The molecule has 0 spiro atoms. The van der Waals surface area contributed by atoms with Gasteiger partial charge in [-0.25, -0.2) is 0 Å². The van der Waals surface area contributed by atoms with Crippen LogP contribution in [0.5, 0.6) is 0 Å². The number of amides is 1. The molecule has 1 aliphatic carbocycles. The van der Waals surface area contributed by atoms with Crippen molar-refractivity contribution in [1.29, 1.82) is 0 Å². The normalized spacial score (nSPS) is 15.9. The van der Waals surface area contributed by atoms with Gasteiger partial charge in [-0.05, 0) is 30.9 Å². The Hall–Kier alpha value is -1.66. The Morgan fingerprint density at radius 2 is 2.26 bits per heavy atom. The van der Waals surface area contributed by atoms with Gasteiger partial charge in [-0.1, -0.05) is 11.6 Å². The third-order valence-electron chi connectivity index (χ3n) is 3.04. The second-order valence-electron chi connectivity index (χ2n) is 4.53. The molecule has 7 heteroatoms. The molecule has 0 aliphatic heterocycles. The van der Waals surface area contributed by atoms with Crippen LogP contribution in [0.25, 0.3) is 0 Å². The minimum Gasteiger partial charge on any atom is -0.391 e. The highest BCUT2D eigenvalue weighted by molar-refractivity contribution is 6.31. The second-order valence-corrected chi connectivity index (χ2v) is 4.97. The number of benzene rings is 1. The van der Waals surface area contributed by atoms with Gasteiger partial charge in [-0.15, -0.1) is 0 Å². The molecule has 1 aliphatic rings. The number of nitrogens with zero attached hydrogens (tertiary/aromatic N) is 1. The zero-order valence-electron chi connectivity index (χ0n) is 10.0. The van der Waals surface area contributed by atoms with E-state index >= 15 is 0 Å². The quantitative estimate of drug-likeness (QED) is 0.636. The van der Waals surface area contributed by atoms with Gasteiger partial charge < -0.3 is 10.4 Å². The third-order valence-corrected chi connectivity index (χ3v) is 3.27. The Labute approximate surface area is 114 Å². The van der Waals surface area contributed by atoms with E-state index in [4.69, 9.17) is 11.6 Å². The lowest BCUT2D eigenvalue weighted by molar-refractivity contribution is -0.385. The molecule has 2 rings (SSSR count). The second kappa shape index (κ2) is 5.54. The molecule has 1 atom stereocenters. The zero-order chi connectivity index (χ0) is 14.0. The highest BCUT2D eigenvalue weighted by atomic mass is 35.5. The van der Waals surface area contributed by atoms with Crippen LogP contribution >= 0.6 is 11.6 Å². The van der Waals surface area contributed by atoms with Crippen LogP contribution in [0.1, 0.15) is 23.2 Å². The summed E-state index contributed by atoms with van der Waals surface area (Å²) in [4.78, 5) is 22.1. The van der Waals surface area contributed by atoms with Crippen molar-refractivity contribution >= 4 is 23.2 Å². The third kappa shape index (κ3) is 3.42. The van der Waals surface area contributed by atoms with E-state index < -0.39 is 16.9 Å². The lowest BCUT2D eigenvalue weighted by atomic mass is 10.1. The molecule has 1 unspecified atom stereocenters. The van der Waals surface area contributed by atoms with Crippen molar-refractivity contribution in [2.24, 2.45) is 5.92 Å². The van der Waals surface area contributed by atoms with E-state index in [0.29, 0.717) is 0 Å². The summed E-state index contributed by atoms with van der Waals surface area (Å²) in [5.74, 6) is -0.372. The molecule has 102 valence electrons. The molecular formula is C12H13ClN2O4. The topological polar surface area (TPSA) is 92.5 Å². The maximum Gasteiger partial charge on any atom is 0.282 e. The zero-order valence-corrected chi connectivity index (χ0v) is 10.8. The number of carbonyl (C=O) groups is 1. The summed E-state index contributed by atoms with van der Waals surface area (Å²) in [5, 5.41) is 23.2. The van der Waals surface area contributed by atoms with E-state index in [1.807, 2.05) is 0 Å². The summed E-state index contributed by atoms with van der Waals surface area (Å²) < 4.78 is 0. The number of aliphatic hydroxyl groups is 1. The molecule has 0 aromatic heterocycles. The van der Waals surface area contributed by atoms with Crippen molar-refractivity contribution in [3.05, 3.63) is 38.9 Å². The fraction of sp³-hybridized carbons (Fsp3) is 0.417. The molecule has 0 bridgehead atoms. The summed E-state index contributed by atoms with van der Waals surface area (Å²) in [5.41, 5.74) is -0.400. The van der Waals surface area contributed by atoms with Crippen LogP contribution in [0, 0.1) is 16.0 Å². The van der Waals surface area contributed by atoms with Crippen molar-refractivity contribution in [2.75, 3.05) is 6.54 Å². The van der Waals surface area contributed by atoms with Gasteiger partial charge in [0.15, 0.2) is 0 Å². The average molecular weight is 285 g/mol. The molecule has 19 heavy (non-hydrogen) atoms. The number of aliphatic hydroxyl groups excluding tert-OH is 1. The molecule has 0 heterocycles. The van der Waals surface area contributed by atoms with E-state index in [2.05, 4.69) is 5.32 Å². The Balaban J connectivity index is 2.08. The van der Waals surface area contributed by atoms with E-state index in [-0.39, 0.29) is 28.7 Å². The molecular weight excluding hydrogens is 272 g/mol. The lowest BCUT2D eigenvalue weighted by Gasteiger charge is -2.10. The average Bonchev–Trinajstić information content (AvgIpc) is 3.19. The number of rotatable bonds is 5. The summed E-state index contributed by atoms with van der Waals surface area (Å²) in [6, 6.07) is 3.79. The van der Waals surface area contributed by atoms with Crippen LogP contribution in [-0.2, 0) is 0 Å². The minimum absolute atomic E-state index is 0.0904. The Morgan fingerprint density at radius 1 is 1.58 bits per heavy atom. The number of carbonyl (C=O) groups excluding carboxylic acids is 1. The maximum atomic E-state index is 11.9. The number of halogens is 1. The predicted molar refractivity (Wildman–Crippen MR) is 69.2 cm³/mol. The first-order chi connectivity index (χ1) is 8.99. The van der Waals surface area contributed by atoms with Gasteiger partial charge in [0.1, 0.15) is 5.56 Å². The van der Waals surface area contributed by atoms with Gasteiger partial charge in [-0.3, -0.25) is 14.9 Å². The van der Waals surface area contributed by atoms with Crippen LogP contribution in [0.4, 0.5) is 5.69 Å². The first-order valence-corrected chi connectivity index (χ1v) is 6.27. The molecule has 0 radical (unpaired) electrons. The summed E-state index contributed by atoms with van der Waals surface area (Å²) in [7, 11) is 0. The number of hydrogen-bond acceptors (Lipinski definition) is 4. The Bertz CT molecular complexity index is 516. The fourth-order valence-electron chi connectivity index (χ4n) is 1.79. The monoisotopic (exact) mass is 284 g/mol. The summed E-state index contributed by atoms with van der Waals surface area (Å²) in [6.45, 7) is 0.0904. The van der Waals surface area contributed by atoms with Crippen LogP contribution in [0.15, 0.2) is 18.2 Å². The Morgan fingerprint density at radius 3 is 2.84 bits per heavy atom. The van der Waals surface area contributed by atoms with E-state index in [1.165, 1.54) is 18.2 Å². The van der Waals surface area contributed by atoms with E-state index in [0.717, 1.165) is 12.8 Å². The lowest BCUT2D eigenvalue weighted by Crippen LogP contribution is -2.33. The van der Waals surface area contributed by atoms with Gasteiger partial charge in [0, 0.05) is 17.6 Å². The van der Waals surface area contributed by atoms with E-state index in [9.17, 15) is 20.0 Å². The minimum atomic E-state index is -0.636. The van der Waals surface area contributed by atoms with Crippen molar-refractivity contribution in [3.63, 3.8) is 0 Å². The van der Waals surface area contributed by atoms with Gasteiger partial charge >= 0.3 is 0 Å². The molecule has 1 fully saturated rings. The standard InChI is InChI=1S/C12H13ClN2O4/c13-8-3-4-10(15(18)19)9(5-8)12(17)14-6-11(16)7-1-2-7/h3-5,7,11,16H,1-2,6H2,(H,14,17). The number of nitro groups is 1. The molecule has 0 saturated heterocycles. The van der Waals surface area contributed by atoms with Gasteiger partial charge in [0.05, 0.1) is 11.0 Å². The molecule has 1 aromatic carbocycles. The highest BCUT2D eigenvalue weighted by Gasteiger charge is 2.30. The van der Waals surface area contributed by atoms with Crippen molar-refractivity contribution in [3.8, 4) is 0 Å². The van der Waals surface area contributed by atoms with Crippen molar-refractivity contribution in [1.82, 2.24) is 5.32 Å². The smallest absolute Gasteiger partial charge is 0.282 e. The molecule has 1 aromatic rings. The maximum absolute atomic E-state index is 11.9. The number of nitrogens with one attached hydrogen (secondary N) is 1. The van der Waals surface area contributed by atoms with Crippen LogP contribution in [-0.4, -0.2) is 28.6 Å². The number of nitro benzene ring substituents is 1. The highest BCUT2D eigenvalue weighted by Crippen LogP contribution is 2.32. The SMILES string of the molecule is O=C(NCC(O)C1CC1)c1cc(Cl)ccc1[N+](=O)[O-]. The largest absolute Gasteiger partial charge is 0.391 e. The van der Waals surface area contributed by atoms with Gasteiger partial charge in [0.2, 0.25) is 0 Å². The predicted octanol–water partition coefficient (Wildman–Crippen LogP) is 1.75. The van der Waals surface area contributed by atoms with Gasteiger partial charge in [-0.2, -0.15) is 0 Å². The molecule has 6 nitrogen and oxygen atoms in total. The summed E-state index contributed by atoms with van der Waals surface area (Å²) >= 11 is 5.74. The van der Waals surface area contributed by atoms with Crippen molar-refractivity contribution < 1.29 is 14.8 Å². The van der Waals surface area contributed by atoms with Crippen LogP contribution < -0.4 is 5.32 Å². The van der Waals surface area contributed by atoms with Crippen LogP contribution in [0.2, 0.25) is 5.02 Å². The van der Waals surface area contributed by atoms with Gasteiger partial charge in [0.25, 0.3) is 11.6 Å². The molecule has 1 saturated carbocycles. The first kappa shape index (κ1) is 13.8.